The van der Waals surface area contributed by atoms with Crippen LogP contribution in [-0.4, -0.2) is 90.6 Å². The average Bonchev–Trinajstić information content (AvgIpc) is 3.03. The highest BCUT2D eigenvalue weighted by atomic mass is 35.5. The molecule has 5 N–H and O–H groups in total. The van der Waals surface area contributed by atoms with E-state index in [2.05, 4.69) is 5.32 Å². The molecule has 1 aliphatic rings. The number of nitrogens with one attached hydrogen (secondary N) is 1. The zero-order valence-corrected chi connectivity index (χ0v) is 28.0. The van der Waals surface area contributed by atoms with Gasteiger partial charge in [0.25, 0.3) is 0 Å². The number of aliphatic hydroxyl groups excluding tert-OH is 2. The van der Waals surface area contributed by atoms with Gasteiger partial charge >= 0.3 is 0 Å². The molecule has 3 atom stereocenters. The smallest absolute Gasteiger partial charge is 0.197 e. The zero-order valence-electron chi connectivity index (χ0n) is 27.3. The normalized spacial score (nSPS) is 17.4. The van der Waals surface area contributed by atoms with Crippen LogP contribution in [0.5, 0.6) is 17.2 Å². The fourth-order valence-corrected chi connectivity index (χ4v) is 5.72. The van der Waals surface area contributed by atoms with Gasteiger partial charge in [0.2, 0.25) is 0 Å². The molecule has 1 fully saturated rings. The van der Waals surface area contributed by atoms with Gasteiger partial charge in [-0.1, -0.05) is 49.7 Å². The number of phenolic OH excluding ortho intramolecular Hbond substituents is 2. The molecule has 4 aromatic rings. The number of hydrogen-bond donors (Lipinski definition) is 5. The molecule has 0 amide bonds. The van der Waals surface area contributed by atoms with Crippen LogP contribution in [0.3, 0.4) is 0 Å². The number of methoxy groups -OCH3 is 1. The number of halogens is 1. The number of likely N-dealkylation sites (tertiary alicyclic amines) is 1. The molecule has 0 saturated carbocycles. The summed E-state index contributed by atoms with van der Waals surface area (Å²) in [6, 6.07) is 17.6. The molecule has 1 aromatic heterocycles. The van der Waals surface area contributed by atoms with E-state index in [1.54, 1.807) is 31.4 Å². The van der Waals surface area contributed by atoms with Gasteiger partial charge in [-0.15, -0.1) is 0 Å². The zero-order chi connectivity index (χ0) is 34.1. The highest BCUT2D eigenvalue weighted by Gasteiger charge is 2.33. The Morgan fingerprint density at radius 1 is 1.09 bits per heavy atom. The number of likely N-dealkylation sites (N-methyl/N-ethyl adjacent to an activating group) is 1. The first-order chi connectivity index (χ1) is 22.5. The van der Waals surface area contributed by atoms with E-state index in [-0.39, 0.29) is 28.2 Å². The van der Waals surface area contributed by atoms with E-state index in [4.69, 9.17) is 25.5 Å². The Kier molecular flexibility index (Phi) is 13.1. The molecule has 3 aromatic carbocycles. The van der Waals surface area contributed by atoms with Gasteiger partial charge in [0.15, 0.2) is 5.43 Å². The molecule has 0 spiro atoms. The molecule has 10 nitrogen and oxygen atoms in total. The third-order valence-electron chi connectivity index (χ3n) is 8.02. The molecule has 5 rings (SSSR count). The van der Waals surface area contributed by atoms with Gasteiger partial charge in [-0.05, 0) is 56.3 Å². The van der Waals surface area contributed by atoms with E-state index in [1.807, 2.05) is 50.1 Å². The van der Waals surface area contributed by atoms with Gasteiger partial charge in [-0.3, -0.25) is 4.79 Å². The summed E-state index contributed by atoms with van der Waals surface area (Å²) in [7, 11) is 3.61. The predicted octanol–water partition coefficient (Wildman–Crippen LogP) is 4.92. The van der Waals surface area contributed by atoms with Crippen molar-refractivity contribution >= 4 is 22.6 Å². The van der Waals surface area contributed by atoms with Crippen LogP contribution < -0.4 is 15.5 Å². The molecule has 1 aliphatic heterocycles. The lowest BCUT2D eigenvalue weighted by Gasteiger charge is -2.34. The van der Waals surface area contributed by atoms with E-state index in [0.29, 0.717) is 48.3 Å². The Morgan fingerprint density at radius 2 is 1.81 bits per heavy atom. The van der Waals surface area contributed by atoms with Gasteiger partial charge in [0.1, 0.15) is 46.7 Å². The maximum Gasteiger partial charge on any atom is 0.197 e. The summed E-state index contributed by atoms with van der Waals surface area (Å²) >= 11 is 6.25. The van der Waals surface area contributed by atoms with Crippen LogP contribution in [0.1, 0.15) is 37.3 Å². The number of aromatic hydroxyl groups is 2. The molecule has 0 aliphatic carbocycles. The van der Waals surface area contributed by atoms with Crippen LogP contribution in [0.25, 0.3) is 22.3 Å². The summed E-state index contributed by atoms with van der Waals surface area (Å²) in [6.07, 6.45) is 0.241. The minimum absolute atomic E-state index is 0.0188. The Morgan fingerprint density at radius 3 is 2.47 bits per heavy atom. The largest absolute Gasteiger partial charge is 0.507 e. The van der Waals surface area contributed by atoms with E-state index in [1.165, 1.54) is 11.6 Å². The quantitative estimate of drug-likeness (QED) is 0.149. The lowest BCUT2D eigenvalue weighted by atomic mass is 9.85. The summed E-state index contributed by atoms with van der Waals surface area (Å²) < 4.78 is 16.6. The van der Waals surface area contributed by atoms with Crippen LogP contribution >= 0.6 is 11.6 Å². The van der Waals surface area contributed by atoms with E-state index in [9.17, 15) is 25.2 Å². The third-order valence-corrected chi connectivity index (χ3v) is 8.34. The number of rotatable bonds is 11. The molecule has 254 valence electrons. The topological polar surface area (TPSA) is 145 Å². The Labute approximate surface area is 280 Å². The number of nitrogens with zero attached hydrogens (tertiary/aromatic N) is 1. The lowest BCUT2D eigenvalue weighted by molar-refractivity contribution is 0.0630. The fourth-order valence-electron chi connectivity index (χ4n) is 5.50. The summed E-state index contributed by atoms with van der Waals surface area (Å²) in [5.74, 6) is 0.0154. The van der Waals surface area contributed by atoms with Crippen LogP contribution in [0, 0.1) is 0 Å². The molecule has 0 bridgehead atoms. The summed E-state index contributed by atoms with van der Waals surface area (Å²) in [6.45, 7) is 6.82. The van der Waals surface area contributed by atoms with Crippen molar-refractivity contribution in [1.82, 2.24) is 10.2 Å². The van der Waals surface area contributed by atoms with Crippen molar-refractivity contribution in [3.8, 4) is 28.6 Å². The second-order valence-electron chi connectivity index (χ2n) is 12.1. The highest BCUT2D eigenvalue weighted by molar-refractivity contribution is 6.33. The first kappa shape index (κ1) is 36.2. The van der Waals surface area contributed by atoms with Crippen molar-refractivity contribution < 1.29 is 34.3 Å². The van der Waals surface area contributed by atoms with Gasteiger partial charge in [0.05, 0.1) is 17.7 Å². The fraction of sp³-hybridized carbons (Fsp3) is 0.417. The number of ether oxygens (including phenoxy) is 2. The Balaban J connectivity index is 0.000000231. The van der Waals surface area contributed by atoms with Gasteiger partial charge in [0, 0.05) is 55.4 Å². The van der Waals surface area contributed by atoms with E-state index >= 15 is 0 Å². The predicted molar refractivity (Wildman–Crippen MR) is 184 cm³/mol. The number of piperidine rings is 1. The van der Waals surface area contributed by atoms with E-state index < -0.39 is 23.6 Å². The van der Waals surface area contributed by atoms with Crippen molar-refractivity contribution in [3.05, 3.63) is 87.0 Å². The van der Waals surface area contributed by atoms with Crippen molar-refractivity contribution in [2.45, 2.75) is 50.9 Å². The monoisotopic (exact) mass is 668 g/mol. The molecule has 11 heteroatoms. The average molecular weight is 669 g/mol. The van der Waals surface area contributed by atoms with Crippen molar-refractivity contribution in [2.24, 2.45) is 0 Å². The molecular weight excluding hydrogens is 624 g/mol. The molecule has 1 saturated heterocycles. The van der Waals surface area contributed by atoms with Crippen LogP contribution in [0.2, 0.25) is 5.02 Å². The molecule has 47 heavy (non-hydrogen) atoms. The van der Waals surface area contributed by atoms with Crippen LogP contribution in [0.4, 0.5) is 0 Å². The SMILES string of the molecule is CN1CC[C@@H](c2c(O)cc(O)c3c(=O)cc(-c4ccccc4Cl)oc23)[C@@H](O)C1.COCCc1ccc(OCC(O)CNC(C)C)cc1. The summed E-state index contributed by atoms with van der Waals surface area (Å²) in [4.78, 5) is 14.8. The molecule has 2 heterocycles. The standard InChI is InChI=1S/C21H20ClNO5.C15H25NO3/c1-23-7-6-12(17(27)10-23)19-14(24)8-15(25)20-16(26)9-18(28-21(19)20)11-4-2-3-5-13(11)22;1-12(2)16-10-14(17)11-19-15-6-4-13(5-7-15)8-9-18-3/h2-5,8-9,12,17,24-25,27H,6-7,10H2,1H3;4-7,12,14,16-17H,8-11H2,1-3H3/t12-,17+;/m1./s1. The van der Waals surface area contributed by atoms with Gasteiger partial charge in [-0.25, -0.2) is 0 Å². The number of fused-ring (bicyclic) bond motifs is 1. The highest BCUT2D eigenvalue weighted by Crippen LogP contribution is 2.43. The van der Waals surface area contributed by atoms with Crippen LogP contribution in [-0.2, 0) is 11.2 Å². The summed E-state index contributed by atoms with van der Waals surface area (Å²) in [5, 5.41) is 44.7. The summed E-state index contributed by atoms with van der Waals surface area (Å²) in [5.41, 5.74) is 1.71. The minimum atomic E-state index is -0.744. The molecule has 1 unspecified atom stereocenters. The maximum atomic E-state index is 12.8. The number of hydrogen-bond acceptors (Lipinski definition) is 10. The van der Waals surface area contributed by atoms with Crippen LogP contribution in [0.15, 0.2) is 69.9 Å². The number of aliphatic hydroxyl groups is 2. The van der Waals surface area contributed by atoms with Gasteiger partial charge in [-0.2, -0.15) is 0 Å². The third kappa shape index (κ3) is 9.70. The maximum absolute atomic E-state index is 12.8. The van der Waals surface area contributed by atoms with Crippen molar-refractivity contribution in [1.29, 1.82) is 0 Å². The number of phenols is 2. The van der Waals surface area contributed by atoms with Gasteiger partial charge < -0.3 is 44.5 Å². The first-order valence-electron chi connectivity index (χ1n) is 15.7. The van der Waals surface area contributed by atoms with E-state index in [0.717, 1.165) is 31.4 Å². The Hall–Kier alpha value is -3.64. The number of benzene rings is 3. The second-order valence-corrected chi connectivity index (χ2v) is 12.5. The second kappa shape index (κ2) is 17.0. The van der Waals surface area contributed by atoms with Crippen molar-refractivity contribution in [2.75, 3.05) is 47.0 Å². The lowest BCUT2D eigenvalue weighted by Crippen LogP contribution is -2.40. The van der Waals surface area contributed by atoms with Crippen molar-refractivity contribution in [3.63, 3.8) is 0 Å². The number of β-amino-alcohol motifs (C(OH)–C–C–N with tert-alkyl or cyclic N) is 1. The minimum Gasteiger partial charge on any atom is -0.507 e. The first-order valence-corrected chi connectivity index (χ1v) is 16.1. The molecular formula is C36H45ClN2O8. The Bertz CT molecular complexity index is 1660. The molecule has 0 radical (unpaired) electrons.